The maximum absolute atomic E-state index is 12.1. The summed E-state index contributed by atoms with van der Waals surface area (Å²) in [7, 11) is -3.42. The largest absolute Gasteiger partial charge is 0.395 e. The zero-order chi connectivity index (χ0) is 17.2. The molecule has 3 N–H and O–H groups in total. The minimum atomic E-state index is -3.42. The molecule has 0 spiro atoms. The molecule has 0 bridgehead atoms. The monoisotopic (exact) mass is 339 g/mol. The molecule has 2 rings (SSSR count). The predicted molar refractivity (Wildman–Crippen MR) is 85.2 cm³/mol. The number of nitrogens with one attached hydrogen (secondary N) is 2. The number of rotatable bonds is 6. The maximum atomic E-state index is 12.1. The van der Waals surface area contributed by atoms with Crippen molar-refractivity contribution in [3.8, 4) is 0 Å². The van der Waals surface area contributed by atoms with E-state index >= 15 is 0 Å². The topological polar surface area (TPSA) is 116 Å². The van der Waals surface area contributed by atoms with Crippen molar-refractivity contribution < 1.29 is 23.1 Å². The van der Waals surface area contributed by atoms with Gasteiger partial charge in [-0.2, -0.15) is 0 Å². The number of sulfonamides is 1. The Hall–Kier alpha value is -2.39. The lowest BCUT2D eigenvalue weighted by Gasteiger charge is -2.15. The fourth-order valence-electron chi connectivity index (χ4n) is 2.09. The molecule has 0 saturated carbocycles. The van der Waals surface area contributed by atoms with Crippen molar-refractivity contribution in [1.82, 2.24) is 4.90 Å². The number of carbonyl (C=O) groups excluding carboxylic acids is 2. The highest BCUT2D eigenvalue weighted by Gasteiger charge is 2.30. The molecule has 0 fully saturated rings. The summed E-state index contributed by atoms with van der Waals surface area (Å²) in [5, 5.41) is 11.7. The van der Waals surface area contributed by atoms with Crippen LogP contribution in [0.5, 0.6) is 0 Å². The fraction of sp³-hybridized carbons (Fsp3) is 0.286. The molecule has 0 aliphatic carbocycles. The molecule has 124 valence electrons. The number of anilines is 2. The number of hydrogen-bond acceptors (Lipinski definition) is 6. The van der Waals surface area contributed by atoms with E-state index in [2.05, 4.69) is 10.0 Å². The zero-order valence-corrected chi connectivity index (χ0v) is 13.5. The van der Waals surface area contributed by atoms with E-state index in [0.29, 0.717) is 11.4 Å². The number of aryl methyl sites for hydroxylation is 1. The summed E-state index contributed by atoms with van der Waals surface area (Å²) in [5.41, 5.74) is 1.68. The molecule has 2 amide bonds. The van der Waals surface area contributed by atoms with Gasteiger partial charge < -0.3 is 10.4 Å². The Labute approximate surface area is 133 Å². The van der Waals surface area contributed by atoms with Gasteiger partial charge in [0.15, 0.2) is 0 Å². The Kier molecular flexibility index (Phi) is 4.71. The average Bonchev–Trinajstić information content (AvgIpc) is 2.69. The highest BCUT2D eigenvalue weighted by Crippen LogP contribution is 2.24. The van der Waals surface area contributed by atoms with Crippen molar-refractivity contribution >= 4 is 33.2 Å². The van der Waals surface area contributed by atoms with Crippen molar-refractivity contribution in [2.75, 3.05) is 29.4 Å². The third kappa shape index (κ3) is 4.08. The lowest BCUT2D eigenvalue weighted by molar-refractivity contribution is -0.137. The van der Waals surface area contributed by atoms with E-state index < -0.39 is 21.8 Å². The second kappa shape index (κ2) is 6.39. The van der Waals surface area contributed by atoms with Crippen molar-refractivity contribution in [2.24, 2.45) is 0 Å². The first-order valence-electron chi connectivity index (χ1n) is 6.75. The summed E-state index contributed by atoms with van der Waals surface area (Å²) in [6.07, 6.45) is 2.18. The first-order chi connectivity index (χ1) is 10.7. The normalized spacial score (nSPS) is 14.9. The highest BCUT2D eigenvalue weighted by molar-refractivity contribution is 7.92. The van der Waals surface area contributed by atoms with Crippen LogP contribution in [0.4, 0.5) is 11.4 Å². The maximum Gasteiger partial charge on any atom is 0.277 e. The van der Waals surface area contributed by atoms with Crippen molar-refractivity contribution in [2.45, 2.75) is 6.92 Å². The summed E-state index contributed by atoms with van der Waals surface area (Å²) < 4.78 is 24.9. The molecular weight excluding hydrogens is 322 g/mol. The smallest absolute Gasteiger partial charge is 0.277 e. The van der Waals surface area contributed by atoms with Gasteiger partial charge in [-0.15, -0.1) is 0 Å². The summed E-state index contributed by atoms with van der Waals surface area (Å²) in [6.45, 7) is 1.39. The van der Waals surface area contributed by atoms with E-state index in [4.69, 9.17) is 5.11 Å². The quantitative estimate of drug-likeness (QED) is 0.630. The average molecular weight is 339 g/mol. The molecule has 1 aromatic rings. The van der Waals surface area contributed by atoms with Crippen LogP contribution in [0, 0.1) is 6.92 Å². The van der Waals surface area contributed by atoms with Gasteiger partial charge in [-0.3, -0.25) is 19.2 Å². The van der Waals surface area contributed by atoms with Gasteiger partial charge in [0, 0.05) is 11.8 Å². The van der Waals surface area contributed by atoms with E-state index in [0.717, 1.165) is 22.8 Å². The van der Waals surface area contributed by atoms with Crippen LogP contribution in [0.1, 0.15) is 5.56 Å². The first-order valence-corrected chi connectivity index (χ1v) is 8.64. The predicted octanol–water partition coefficient (Wildman–Crippen LogP) is 0.0234. The lowest BCUT2D eigenvalue weighted by Crippen LogP contribution is -2.34. The first kappa shape index (κ1) is 17.0. The van der Waals surface area contributed by atoms with Crippen LogP contribution in [0.3, 0.4) is 0 Å². The molecule has 8 nitrogen and oxygen atoms in total. The van der Waals surface area contributed by atoms with Crippen LogP contribution < -0.4 is 10.0 Å². The Bertz CT molecular complexity index is 786. The lowest BCUT2D eigenvalue weighted by atomic mass is 10.1. The van der Waals surface area contributed by atoms with Gasteiger partial charge in [-0.25, -0.2) is 8.42 Å². The van der Waals surface area contributed by atoms with Crippen molar-refractivity contribution in [1.29, 1.82) is 0 Å². The van der Waals surface area contributed by atoms with Gasteiger partial charge in [0.1, 0.15) is 5.70 Å². The molecule has 0 atom stereocenters. The van der Waals surface area contributed by atoms with Gasteiger partial charge in [-0.05, 0) is 24.6 Å². The molecule has 0 aromatic heterocycles. The van der Waals surface area contributed by atoms with E-state index in [9.17, 15) is 18.0 Å². The number of aliphatic hydroxyl groups is 1. The fourth-order valence-corrected chi connectivity index (χ4v) is 2.64. The molecule has 1 aliphatic rings. The van der Waals surface area contributed by atoms with Gasteiger partial charge in [0.2, 0.25) is 10.0 Å². The van der Waals surface area contributed by atoms with Gasteiger partial charge >= 0.3 is 0 Å². The molecule has 0 radical (unpaired) electrons. The van der Waals surface area contributed by atoms with Crippen LogP contribution in [0.25, 0.3) is 0 Å². The molecule has 0 unspecified atom stereocenters. The van der Waals surface area contributed by atoms with Crippen LogP contribution in [0.2, 0.25) is 0 Å². The second-order valence-electron chi connectivity index (χ2n) is 5.11. The Balaban J connectivity index is 2.23. The van der Waals surface area contributed by atoms with E-state index in [1.807, 2.05) is 0 Å². The van der Waals surface area contributed by atoms with Crippen molar-refractivity contribution in [3.63, 3.8) is 0 Å². The number of hydrogen-bond donors (Lipinski definition) is 3. The summed E-state index contributed by atoms with van der Waals surface area (Å²) in [6, 6.07) is 4.81. The summed E-state index contributed by atoms with van der Waals surface area (Å²) in [5.74, 6) is -1.04. The summed E-state index contributed by atoms with van der Waals surface area (Å²) in [4.78, 5) is 24.7. The van der Waals surface area contributed by atoms with Gasteiger partial charge in [0.05, 0.1) is 25.1 Å². The molecule has 9 heteroatoms. The van der Waals surface area contributed by atoms with Gasteiger partial charge in [-0.1, -0.05) is 6.07 Å². The highest BCUT2D eigenvalue weighted by atomic mass is 32.2. The number of carbonyl (C=O) groups is 2. The Morgan fingerprint density at radius 1 is 1.26 bits per heavy atom. The van der Waals surface area contributed by atoms with Crippen LogP contribution in [-0.4, -0.2) is 49.6 Å². The second-order valence-corrected chi connectivity index (χ2v) is 6.85. The number of β-amino-alcohol motifs (C(OH)–C–C–N with tert-alkyl or cyclic N) is 1. The van der Waals surface area contributed by atoms with Gasteiger partial charge in [0.25, 0.3) is 11.8 Å². The van der Waals surface area contributed by atoms with Crippen LogP contribution in [0.15, 0.2) is 30.0 Å². The standard InChI is InChI=1S/C14H17N3O5S/c1-9-3-4-10(16-23(2,21)22)7-11(9)15-12-8-13(19)17(5-6-18)14(12)20/h3-4,7-8,15-16,18H,5-6H2,1-2H3. The summed E-state index contributed by atoms with van der Waals surface area (Å²) >= 11 is 0. The van der Waals surface area contributed by atoms with Crippen LogP contribution >= 0.6 is 0 Å². The molecule has 1 aliphatic heterocycles. The van der Waals surface area contributed by atoms with E-state index in [-0.39, 0.29) is 18.8 Å². The third-order valence-electron chi connectivity index (χ3n) is 3.14. The Morgan fingerprint density at radius 2 is 1.96 bits per heavy atom. The number of aliphatic hydroxyl groups excluding tert-OH is 1. The van der Waals surface area contributed by atoms with E-state index in [1.54, 1.807) is 19.1 Å². The minimum Gasteiger partial charge on any atom is -0.395 e. The van der Waals surface area contributed by atoms with Crippen LogP contribution in [-0.2, 0) is 19.6 Å². The Morgan fingerprint density at radius 3 is 2.57 bits per heavy atom. The van der Waals surface area contributed by atoms with Crippen molar-refractivity contribution in [3.05, 3.63) is 35.5 Å². The third-order valence-corrected chi connectivity index (χ3v) is 3.75. The number of amides is 2. The number of imide groups is 1. The number of benzene rings is 1. The molecule has 1 heterocycles. The number of nitrogens with zero attached hydrogens (tertiary/aromatic N) is 1. The molecule has 0 saturated heterocycles. The SMILES string of the molecule is Cc1ccc(NS(C)(=O)=O)cc1NC1=CC(=O)N(CCO)C1=O. The molecule has 1 aromatic carbocycles. The minimum absolute atomic E-state index is 0.0723. The molecule has 23 heavy (non-hydrogen) atoms. The van der Waals surface area contributed by atoms with E-state index in [1.165, 1.54) is 6.07 Å². The molecular formula is C14H17N3O5S. The zero-order valence-electron chi connectivity index (χ0n) is 12.7.